The lowest BCUT2D eigenvalue weighted by molar-refractivity contribution is 0.0943. The zero-order valence-corrected chi connectivity index (χ0v) is 18.1. The third kappa shape index (κ3) is 4.38. The Morgan fingerprint density at radius 1 is 1.22 bits per heavy atom. The van der Waals surface area contributed by atoms with E-state index >= 15 is 0 Å². The predicted molar refractivity (Wildman–Crippen MR) is 109 cm³/mol. The van der Waals surface area contributed by atoms with Crippen LogP contribution in [0.1, 0.15) is 76.1 Å². The normalized spacial score (nSPS) is 14.6. The molecule has 0 aromatic carbocycles. The van der Waals surface area contributed by atoms with Crippen LogP contribution in [0.3, 0.4) is 0 Å². The number of hydrogen-bond acceptors (Lipinski definition) is 6. The number of rotatable bonds is 5. The Labute approximate surface area is 167 Å². The molecule has 0 spiro atoms. The average molecular weight is 407 g/mol. The van der Waals surface area contributed by atoms with E-state index in [9.17, 15) is 9.59 Å². The molecule has 8 heteroatoms. The van der Waals surface area contributed by atoms with Crippen molar-refractivity contribution in [3.8, 4) is 0 Å². The van der Waals surface area contributed by atoms with Crippen molar-refractivity contribution in [2.45, 2.75) is 58.3 Å². The van der Waals surface area contributed by atoms with E-state index in [1.54, 1.807) is 6.20 Å². The second-order valence-electron chi connectivity index (χ2n) is 8.47. The maximum absolute atomic E-state index is 12.4. The average Bonchev–Trinajstić information content (AvgIpc) is 3.22. The molecule has 2 aromatic heterocycles. The maximum Gasteiger partial charge on any atom is 0.263 e. The van der Waals surface area contributed by atoms with Crippen molar-refractivity contribution >= 4 is 34.5 Å². The van der Waals surface area contributed by atoms with Gasteiger partial charge in [-0.15, -0.1) is 22.7 Å². The molecule has 1 aliphatic heterocycles. The first-order valence-corrected chi connectivity index (χ1v) is 10.7. The van der Waals surface area contributed by atoms with Crippen LogP contribution < -0.4 is 10.6 Å². The molecule has 1 aliphatic rings. The first-order chi connectivity index (χ1) is 12.6. The van der Waals surface area contributed by atoms with Crippen molar-refractivity contribution in [2.75, 3.05) is 13.1 Å². The van der Waals surface area contributed by atoms with Crippen LogP contribution in [0, 0.1) is 0 Å². The monoisotopic (exact) mass is 406 g/mol. The first kappa shape index (κ1) is 19.9. The van der Waals surface area contributed by atoms with Crippen LogP contribution in [0.25, 0.3) is 0 Å². The maximum atomic E-state index is 12.4. The van der Waals surface area contributed by atoms with Gasteiger partial charge in [-0.25, -0.2) is 9.97 Å². The highest BCUT2D eigenvalue weighted by atomic mass is 32.1. The SMILES string of the molecule is CC(C)(C)c1ncc(C(=O)NCCC(C)(C)c2nc3c(s2)C(=O)NCC3)s1. The van der Waals surface area contributed by atoms with Gasteiger partial charge in [-0.1, -0.05) is 34.6 Å². The number of carbonyl (C=O) groups is 2. The fourth-order valence-corrected chi connectivity index (χ4v) is 4.82. The molecule has 0 fully saturated rings. The molecule has 2 amide bonds. The third-order valence-corrected chi connectivity index (χ3v) is 7.42. The van der Waals surface area contributed by atoms with Gasteiger partial charge in [0.2, 0.25) is 0 Å². The lowest BCUT2D eigenvalue weighted by atomic mass is 9.90. The third-order valence-electron chi connectivity index (χ3n) is 4.54. The minimum Gasteiger partial charge on any atom is -0.351 e. The van der Waals surface area contributed by atoms with Crippen LogP contribution in [0.15, 0.2) is 6.20 Å². The summed E-state index contributed by atoms with van der Waals surface area (Å²) in [4.78, 5) is 34.8. The van der Waals surface area contributed by atoms with E-state index in [2.05, 4.69) is 50.2 Å². The number of hydrogen-bond donors (Lipinski definition) is 2. The first-order valence-electron chi connectivity index (χ1n) is 9.11. The van der Waals surface area contributed by atoms with Gasteiger partial charge < -0.3 is 10.6 Å². The highest BCUT2D eigenvalue weighted by molar-refractivity contribution is 7.14. The molecular weight excluding hydrogens is 380 g/mol. The van der Waals surface area contributed by atoms with E-state index in [4.69, 9.17) is 4.98 Å². The summed E-state index contributed by atoms with van der Waals surface area (Å²) in [5.74, 6) is -0.111. The molecular formula is C19H26N4O2S2. The number of thiazole rings is 2. The fourth-order valence-electron chi connectivity index (χ4n) is 2.77. The minimum atomic E-state index is -0.208. The van der Waals surface area contributed by atoms with E-state index in [0.29, 0.717) is 18.0 Å². The Balaban J connectivity index is 1.60. The van der Waals surface area contributed by atoms with Crippen LogP contribution in [-0.4, -0.2) is 34.9 Å². The molecule has 0 aliphatic carbocycles. The zero-order valence-electron chi connectivity index (χ0n) is 16.4. The fraction of sp³-hybridized carbons (Fsp3) is 0.579. The number of nitrogens with one attached hydrogen (secondary N) is 2. The van der Waals surface area contributed by atoms with Gasteiger partial charge in [0.1, 0.15) is 9.75 Å². The van der Waals surface area contributed by atoms with Crippen molar-refractivity contribution in [3.63, 3.8) is 0 Å². The molecule has 0 unspecified atom stereocenters. The summed E-state index contributed by atoms with van der Waals surface area (Å²) in [5, 5.41) is 7.76. The van der Waals surface area contributed by atoms with Crippen LogP contribution >= 0.6 is 22.7 Å². The summed E-state index contributed by atoms with van der Waals surface area (Å²) < 4.78 is 0. The number of amides is 2. The summed E-state index contributed by atoms with van der Waals surface area (Å²) >= 11 is 2.91. The summed E-state index contributed by atoms with van der Waals surface area (Å²) in [6, 6.07) is 0. The zero-order chi connectivity index (χ0) is 19.8. The van der Waals surface area contributed by atoms with Gasteiger partial charge in [0.25, 0.3) is 11.8 Å². The van der Waals surface area contributed by atoms with Crippen LogP contribution in [0.2, 0.25) is 0 Å². The number of carbonyl (C=O) groups excluding carboxylic acids is 2. The van der Waals surface area contributed by atoms with E-state index in [1.807, 2.05) is 0 Å². The molecule has 6 nitrogen and oxygen atoms in total. The van der Waals surface area contributed by atoms with Crippen molar-refractivity contribution < 1.29 is 9.59 Å². The molecule has 0 atom stereocenters. The van der Waals surface area contributed by atoms with Crippen molar-refractivity contribution in [1.82, 2.24) is 20.6 Å². The topological polar surface area (TPSA) is 84.0 Å². The molecule has 146 valence electrons. The minimum absolute atomic E-state index is 0.0241. The Kier molecular flexibility index (Phi) is 5.40. The Morgan fingerprint density at radius 3 is 2.59 bits per heavy atom. The quantitative estimate of drug-likeness (QED) is 0.798. The van der Waals surface area contributed by atoms with Gasteiger partial charge >= 0.3 is 0 Å². The summed E-state index contributed by atoms with van der Waals surface area (Å²) in [6.45, 7) is 11.7. The Hall–Kier alpha value is -1.80. The molecule has 3 rings (SSSR count). The number of nitrogens with zero attached hydrogens (tertiary/aromatic N) is 2. The molecule has 2 aromatic rings. The van der Waals surface area contributed by atoms with Gasteiger partial charge in [-0.3, -0.25) is 9.59 Å². The molecule has 0 saturated heterocycles. The standard InChI is InChI=1S/C19H26N4O2S2/c1-18(2,3)16-22-10-12(26-16)14(24)21-9-7-19(4,5)17-23-11-6-8-20-15(25)13(11)27-17/h10H,6-9H2,1-5H3,(H,20,25)(H,21,24). The summed E-state index contributed by atoms with van der Waals surface area (Å²) in [5.41, 5.74) is 0.636. The Morgan fingerprint density at radius 2 is 1.96 bits per heavy atom. The number of aromatic nitrogens is 2. The van der Waals surface area contributed by atoms with Crippen molar-refractivity contribution in [3.05, 3.63) is 31.7 Å². The summed E-state index contributed by atoms with van der Waals surface area (Å²) in [6.07, 6.45) is 3.18. The lowest BCUT2D eigenvalue weighted by Crippen LogP contribution is -2.30. The van der Waals surface area contributed by atoms with Gasteiger partial charge in [0.15, 0.2) is 0 Å². The number of fused-ring (bicyclic) bond motifs is 1. The van der Waals surface area contributed by atoms with Gasteiger partial charge in [0, 0.05) is 30.3 Å². The van der Waals surface area contributed by atoms with Gasteiger partial charge in [0.05, 0.1) is 21.9 Å². The summed E-state index contributed by atoms with van der Waals surface area (Å²) in [7, 11) is 0. The van der Waals surface area contributed by atoms with Crippen molar-refractivity contribution in [1.29, 1.82) is 0 Å². The predicted octanol–water partition coefficient (Wildman–Crippen LogP) is 3.28. The van der Waals surface area contributed by atoms with E-state index in [0.717, 1.165) is 33.4 Å². The van der Waals surface area contributed by atoms with E-state index in [1.165, 1.54) is 22.7 Å². The molecule has 2 N–H and O–H groups in total. The second-order valence-corrected chi connectivity index (χ2v) is 10.5. The van der Waals surface area contributed by atoms with E-state index < -0.39 is 0 Å². The highest BCUT2D eigenvalue weighted by Gasteiger charge is 2.30. The van der Waals surface area contributed by atoms with Crippen molar-refractivity contribution in [2.24, 2.45) is 0 Å². The van der Waals surface area contributed by atoms with Crippen LogP contribution in [0.5, 0.6) is 0 Å². The van der Waals surface area contributed by atoms with Crippen LogP contribution in [0.4, 0.5) is 0 Å². The van der Waals surface area contributed by atoms with Gasteiger partial charge in [-0.2, -0.15) is 0 Å². The molecule has 3 heterocycles. The van der Waals surface area contributed by atoms with Gasteiger partial charge in [-0.05, 0) is 6.42 Å². The largest absolute Gasteiger partial charge is 0.351 e. The smallest absolute Gasteiger partial charge is 0.263 e. The highest BCUT2D eigenvalue weighted by Crippen LogP contribution is 2.33. The van der Waals surface area contributed by atoms with Crippen LogP contribution in [-0.2, 0) is 17.3 Å². The second kappa shape index (κ2) is 7.31. The molecule has 0 bridgehead atoms. The molecule has 27 heavy (non-hydrogen) atoms. The lowest BCUT2D eigenvalue weighted by Gasteiger charge is -2.21. The molecule has 0 saturated carbocycles. The van der Waals surface area contributed by atoms with E-state index in [-0.39, 0.29) is 22.6 Å². The molecule has 0 radical (unpaired) electrons. The Bertz CT molecular complexity index is 861.